The van der Waals surface area contributed by atoms with Crippen LogP contribution in [0.4, 0.5) is 11.4 Å². The smallest absolute Gasteiger partial charge is 0.256 e. The Balaban J connectivity index is 1.66. The number of fused-ring (bicyclic) bond motifs is 3. The second kappa shape index (κ2) is 9.08. The van der Waals surface area contributed by atoms with Crippen LogP contribution in [0.1, 0.15) is 30.9 Å². The highest BCUT2D eigenvalue weighted by Gasteiger charge is 2.37. The number of carbonyl (C=O) groups is 3. The summed E-state index contributed by atoms with van der Waals surface area (Å²) in [7, 11) is 0. The van der Waals surface area contributed by atoms with Gasteiger partial charge in [-0.3, -0.25) is 14.4 Å². The Morgan fingerprint density at radius 2 is 1.76 bits per heavy atom. The van der Waals surface area contributed by atoms with Gasteiger partial charge in [0.2, 0.25) is 11.8 Å². The van der Waals surface area contributed by atoms with Crippen LogP contribution in [0.2, 0.25) is 5.02 Å². The maximum absolute atomic E-state index is 13.5. The molecule has 33 heavy (non-hydrogen) atoms. The molecule has 0 saturated carbocycles. The molecule has 0 aliphatic carbocycles. The molecule has 7 heteroatoms. The van der Waals surface area contributed by atoms with Crippen molar-refractivity contribution in [1.82, 2.24) is 5.32 Å². The number of hydrogen-bond donors (Lipinski definition) is 2. The molecule has 1 aliphatic rings. The van der Waals surface area contributed by atoms with E-state index in [0.717, 1.165) is 16.0 Å². The summed E-state index contributed by atoms with van der Waals surface area (Å²) in [6.45, 7) is 3.33. The molecule has 0 spiro atoms. The van der Waals surface area contributed by atoms with Gasteiger partial charge in [-0.05, 0) is 48.7 Å². The number of nitrogens with zero attached hydrogens (tertiary/aromatic N) is 1. The van der Waals surface area contributed by atoms with Gasteiger partial charge >= 0.3 is 0 Å². The number of carbonyl (C=O) groups excluding carboxylic acids is 3. The normalized spacial score (nSPS) is 15.8. The number of nitrogens with two attached hydrogens (primary N) is 1. The van der Waals surface area contributed by atoms with Crippen LogP contribution in [-0.4, -0.2) is 23.8 Å². The third-order valence-corrected chi connectivity index (χ3v) is 6.25. The average molecular weight is 462 g/mol. The predicted octanol–water partition coefficient (Wildman–Crippen LogP) is 4.31. The maximum atomic E-state index is 13.5. The lowest BCUT2D eigenvalue weighted by Crippen LogP contribution is -2.50. The van der Waals surface area contributed by atoms with Crippen LogP contribution in [0, 0.1) is 0 Å². The quantitative estimate of drug-likeness (QED) is 0.566. The van der Waals surface area contributed by atoms with Crippen molar-refractivity contribution in [2.75, 3.05) is 10.6 Å². The predicted molar refractivity (Wildman–Crippen MR) is 130 cm³/mol. The fourth-order valence-corrected chi connectivity index (χ4v) is 4.38. The van der Waals surface area contributed by atoms with Gasteiger partial charge in [0.25, 0.3) is 5.91 Å². The van der Waals surface area contributed by atoms with E-state index in [2.05, 4.69) is 5.32 Å². The zero-order valence-corrected chi connectivity index (χ0v) is 19.1. The zero-order chi connectivity index (χ0) is 23.7. The molecule has 4 rings (SSSR count). The molecular formula is C26H24ClN3O3. The van der Waals surface area contributed by atoms with Gasteiger partial charge < -0.3 is 11.1 Å². The van der Waals surface area contributed by atoms with Crippen molar-refractivity contribution in [2.24, 2.45) is 0 Å². The van der Waals surface area contributed by atoms with Crippen LogP contribution < -0.4 is 16.0 Å². The molecule has 0 aromatic heterocycles. The lowest BCUT2D eigenvalue weighted by Gasteiger charge is -2.26. The summed E-state index contributed by atoms with van der Waals surface area (Å²) in [6, 6.07) is 18.8. The van der Waals surface area contributed by atoms with E-state index in [-0.39, 0.29) is 18.2 Å². The molecule has 168 valence electrons. The fraction of sp³-hybridized carbons (Fsp3) is 0.192. The van der Waals surface area contributed by atoms with Crippen LogP contribution in [0.15, 0.2) is 66.7 Å². The van der Waals surface area contributed by atoms with Crippen molar-refractivity contribution in [3.63, 3.8) is 0 Å². The first-order valence-corrected chi connectivity index (χ1v) is 11.1. The third kappa shape index (κ3) is 4.22. The van der Waals surface area contributed by atoms with E-state index < -0.39 is 17.9 Å². The second-order valence-corrected chi connectivity index (χ2v) is 8.53. The van der Waals surface area contributed by atoms with Gasteiger partial charge in [0.05, 0.1) is 18.0 Å². The Bertz CT molecular complexity index is 1260. The molecule has 0 bridgehead atoms. The van der Waals surface area contributed by atoms with Crippen molar-refractivity contribution < 1.29 is 14.4 Å². The first-order chi connectivity index (χ1) is 15.8. The molecule has 1 aliphatic heterocycles. The molecule has 3 aromatic carbocycles. The number of anilines is 2. The van der Waals surface area contributed by atoms with Crippen LogP contribution in [0.25, 0.3) is 11.1 Å². The van der Waals surface area contributed by atoms with Gasteiger partial charge in [-0.2, -0.15) is 0 Å². The van der Waals surface area contributed by atoms with Gasteiger partial charge in [-0.1, -0.05) is 60.1 Å². The molecule has 1 unspecified atom stereocenters. The van der Waals surface area contributed by atoms with Crippen molar-refractivity contribution >= 4 is 40.7 Å². The highest BCUT2D eigenvalue weighted by Crippen LogP contribution is 2.44. The summed E-state index contributed by atoms with van der Waals surface area (Å²) in [5, 5.41) is 3.18. The van der Waals surface area contributed by atoms with Crippen molar-refractivity contribution in [3.05, 3.63) is 82.9 Å². The first kappa shape index (κ1) is 22.6. The van der Waals surface area contributed by atoms with E-state index in [1.807, 2.05) is 24.3 Å². The zero-order valence-electron chi connectivity index (χ0n) is 18.3. The second-order valence-electron chi connectivity index (χ2n) is 8.12. The molecule has 0 saturated heterocycles. The molecule has 0 fully saturated rings. The fourth-order valence-electron chi connectivity index (χ4n) is 4.17. The van der Waals surface area contributed by atoms with Crippen LogP contribution in [0.3, 0.4) is 0 Å². The summed E-state index contributed by atoms with van der Waals surface area (Å²) in [6.07, 6.45) is 0.0244. The Labute approximate surface area is 197 Å². The minimum absolute atomic E-state index is 0.0244. The van der Waals surface area contributed by atoms with Gasteiger partial charge in [0, 0.05) is 16.3 Å². The summed E-state index contributed by atoms with van der Waals surface area (Å²) >= 11 is 6.15. The summed E-state index contributed by atoms with van der Waals surface area (Å²) in [5.74, 6) is -1.83. The molecule has 0 radical (unpaired) electrons. The van der Waals surface area contributed by atoms with Gasteiger partial charge in [0.1, 0.15) is 6.04 Å². The third-order valence-electron chi connectivity index (χ3n) is 5.88. The van der Waals surface area contributed by atoms with E-state index >= 15 is 0 Å². The Morgan fingerprint density at radius 1 is 1.06 bits per heavy atom. The van der Waals surface area contributed by atoms with Crippen LogP contribution in [-0.2, 0) is 20.8 Å². The largest absolute Gasteiger partial charge is 0.398 e. The highest BCUT2D eigenvalue weighted by molar-refractivity contribution is 6.31. The SMILES string of the molecule is CC1C(=O)N(C(=O)[C@H](C)NC(=O)Cc2ccccc2Cl)c2cccc(N)c2-c2ccccc21. The monoisotopic (exact) mass is 461 g/mol. The summed E-state index contributed by atoms with van der Waals surface area (Å²) < 4.78 is 0. The highest BCUT2D eigenvalue weighted by atomic mass is 35.5. The number of nitrogen functional groups attached to an aromatic ring is 1. The standard InChI is InChI=1S/C26H24ClN3O3/c1-15-18-9-4-5-10-19(18)24-21(28)12-7-13-22(24)30(25(15)32)26(33)16(2)29-23(31)14-17-8-3-6-11-20(17)27/h3-13,15-16H,14,28H2,1-2H3,(H,29,31)/t15?,16-/m0/s1. The number of halogens is 1. The number of hydrogen-bond acceptors (Lipinski definition) is 4. The van der Waals surface area contributed by atoms with Gasteiger partial charge in [-0.15, -0.1) is 0 Å². The van der Waals surface area contributed by atoms with E-state index in [1.54, 1.807) is 56.3 Å². The van der Waals surface area contributed by atoms with Crippen molar-refractivity contribution in [1.29, 1.82) is 0 Å². The van der Waals surface area contributed by atoms with Gasteiger partial charge in [0.15, 0.2) is 0 Å². The minimum Gasteiger partial charge on any atom is -0.398 e. The molecule has 3 amide bonds. The van der Waals surface area contributed by atoms with E-state index in [4.69, 9.17) is 17.3 Å². The number of benzene rings is 3. The average Bonchev–Trinajstić information content (AvgIpc) is 2.89. The Kier molecular flexibility index (Phi) is 6.20. The molecule has 3 N–H and O–H groups in total. The molecule has 1 heterocycles. The van der Waals surface area contributed by atoms with Gasteiger partial charge in [-0.25, -0.2) is 4.90 Å². The summed E-state index contributed by atoms with van der Waals surface area (Å²) in [5.41, 5.74) is 10.1. The van der Waals surface area contributed by atoms with E-state index in [1.165, 1.54) is 0 Å². The Hall–Kier alpha value is -3.64. The Morgan fingerprint density at radius 3 is 2.52 bits per heavy atom. The summed E-state index contributed by atoms with van der Waals surface area (Å²) in [4.78, 5) is 40.8. The lowest BCUT2D eigenvalue weighted by molar-refractivity contribution is -0.131. The molecular weight excluding hydrogens is 438 g/mol. The first-order valence-electron chi connectivity index (χ1n) is 10.7. The van der Waals surface area contributed by atoms with Crippen LogP contribution in [0.5, 0.6) is 0 Å². The number of imide groups is 1. The number of amides is 3. The molecule has 2 atom stereocenters. The minimum atomic E-state index is -0.938. The van der Waals surface area contributed by atoms with Crippen molar-refractivity contribution in [2.45, 2.75) is 32.2 Å². The lowest BCUT2D eigenvalue weighted by atomic mass is 9.92. The van der Waals surface area contributed by atoms with E-state index in [0.29, 0.717) is 27.5 Å². The van der Waals surface area contributed by atoms with Crippen LogP contribution >= 0.6 is 11.6 Å². The number of rotatable bonds is 4. The van der Waals surface area contributed by atoms with E-state index in [9.17, 15) is 14.4 Å². The molecule has 6 nitrogen and oxygen atoms in total. The van der Waals surface area contributed by atoms with Crippen molar-refractivity contribution in [3.8, 4) is 11.1 Å². The topological polar surface area (TPSA) is 92.5 Å². The number of nitrogens with one attached hydrogen (secondary N) is 1. The molecule has 3 aromatic rings. The maximum Gasteiger partial charge on any atom is 0.256 e.